The zero-order chi connectivity index (χ0) is 16.6. The molecule has 2 aromatic carbocycles. The summed E-state index contributed by atoms with van der Waals surface area (Å²) in [5.41, 5.74) is -0.300. The highest BCUT2D eigenvalue weighted by Crippen LogP contribution is 2.31. The van der Waals surface area contributed by atoms with E-state index in [2.05, 4.69) is 5.10 Å². The van der Waals surface area contributed by atoms with Gasteiger partial charge >= 0.3 is 0 Å². The summed E-state index contributed by atoms with van der Waals surface area (Å²) in [7, 11) is 0. The van der Waals surface area contributed by atoms with Crippen molar-refractivity contribution >= 4 is 17.9 Å². The zero-order valence-electron chi connectivity index (χ0n) is 11.4. The molecule has 0 saturated heterocycles. The smallest absolute Gasteiger partial charge is 0.155 e. The minimum atomic E-state index is -0.900. The standard InChI is InChI=1S/C16H8ClF3N2O/c17-16-11(8-23)15(10-6-5-9(18)7-13(10)20)21-22(16)14-4-2-1-3-12(14)19/h1-8H. The van der Waals surface area contributed by atoms with E-state index in [1.54, 1.807) is 6.07 Å². The van der Waals surface area contributed by atoms with Crippen LogP contribution in [0.4, 0.5) is 13.2 Å². The summed E-state index contributed by atoms with van der Waals surface area (Å²) in [6.07, 6.45) is 0.394. The van der Waals surface area contributed by atoms with Gasteiger partial charge in [0.25, 0.3) is 0 Å². The van der Waals surface area contributed by atoms with Gasteiger partial charge in [-0.3, -0.25) is 4.79 Å². The van der Waals surface area contributed by atoms with E-state index in [-0.39, 0.29) is 27.7 Å². The molecule has 3 aromatic rings. The summed E-state index contributed by atoms with van der Waals surface area (Å²) >= 11 is 6.08. The number of nitrogens with zero attached hydrogens (tertiary/aromatic N) is 2. The van der Waals surface area contributed by atoms with Crippen molar-refractivity contribution in [2.75, 3.05) is 0 Å². The monoisotopic (exact) mass is 336 g/mol. The first-order chi connectivity index (χ1) is 11.0. The lowest BCUT2D eigenvalue weighted by Crippen LogP contribution is -2.00. The first-order valence-corrected chi connectivity index (χ1v) is 6.84. The minimum Gasteiger partial charge on any atom is -0.298 e. The minimum absolute atomic E-state index is 0.00868. The van der Waals surface area contributed by atoms with Crippen molar-refractivity contribution in [3.63, 3.8) is 0 Å². The van der Waals surface area contributed by atoms with Gasteiger partial charge in [-0.1, -0.05) is 23.7 Å². The topological polar surface area (TPSA) is 34.9 Å². The first-order valence-electron chi connectivity index (χ1n) is 6.47. The van der Waals surface area contributed by atoms with E-state index in [1.807, 2.05) is 0 Å². The second-order valence-corrected chi connectivity index (χ2v) is 5.02. The van der Waals surface area contributed by atoms with Crippen LogP contribution in [0.1, 0.15) is 10.4 Å². The second kappa shape index (κ2) is 5.89. The number of carbonyl (C=O) groups is 1. The van der Waals surface area contributed by atoms with Crippen LogP contribution in [0.3, 0.4) is 0 Å². The van der Waals surface area contributed by atoms with Crippen LogP contribution in [0, 0.1) is 17.5 Å². The molecule has 0 saturated carbocycles. The van der Waals surface area contributed by atoms with Crippen molar-refractivity contribution in [3.8, 4) is 16.9 Å². The van der Waals surface area contributed by atoms with Crippen LogP contribution in [0.25, 0.3) is 16.9 Å². The van der Waals surface area contributed by atoms with Crippen molar-refractivity contribution in [3.05, 3.63) is 70.6 Å². The van der Waals surface area contributed by atoms with Crippen molar-refractivity contribution in [1.82, 2.24) is 9.78 Å². The molecular formula is C16H8ClF3N2O. The van der Waals surface area contributed by atoms with Gasteiger partial charge < -0.3 is 0 Å². The molecule has 1 aromatic heterocycles. The number of aromatic nitrogens is 2. The van der Waals surface area contributed by atoms with Crippen LogP contribution < -0.4 is 0 Å². The number of benzene rings is 2. The van der Waals surface area contributed by atoms with E-state index >= 15 is 0 Å². The summed E-state index contributed by atoms with van der Waals surface area (Å²) in [6, 6.07) is 8.50. The third-order valence-corrected chi connectivity index (χ3v) is 3.61. The van der Waals surface area contributed by atoms with Gasteiger partial charge in [-0.25, -0.2) is 17.9 Å². The van der Waals surface area contributed by atoms with Crippen molar-refractivity contribution < 1.29 is 18.0 Å². The second-order valence-electron chi connectivity index (χ2n) is 4.66. The van der Waals surface area contributed by atoms with Crippen LogP contribution in [0.15, 0.2) is 42.5 Å². The van der Waals surface area contributed by atoms with E-state index in [0.717, 1.165) is 16.8 Å². The number of para-hydroxylation sites is 1. The van der Waals surface area contributed by atoms with E-state index in [1.165, 1.54) is 18.2 Å². The molecule has 23 heavy (non-hydrogen) atoms. The third-order valence-electron chi connectivity index (χ3n) is 3.25. The van der Waals surface area contributed by atoms with Gasteiger partial charge in [0.05, 0.1) is 5.56 Å². The Morgan fingerprint density at radius 1 is 1.04 bits per heavy atom. The summed E-state index contributed by atoms with van der Waals surface area (Å²) in [6.45, 7) is 0. The van der Waals surface area contributed by atoms with E-state index in [9.17, 15) is 18.0 Å². The fourth-order valence-corrected chi connectivity index (χ4v) is 2.44. The third kappa shape index (κ3) is 2.61. The molecule has 7 heteroatoms. The van der Waals surface area contributed by atoms with Crippen LogP contribution in [0.2, 0.25) is 5.15 Å². The molecule has 0 N–H and O–H groups in total. The van der Waals surface area contributed by atoms with Crippen LogP contribution in [-0.2, 0) is 0 Å². The zero-order valence-corrected chi connectivity index (χ0v) is 12.2. The molecule has 0 spiro atoms. The quantitative estimate of drug-likeness (QED) is 0.663. The Morgan fingerprint density at radius 2 is 1.78 bits per heavy atom. The predicted molar refractivity (Wildman–Crippen MR) is 79.3 cm³/mol. The molecule has 0 aliphatic rings. The van der Waals surface area contributed by atoms with Crippen LogP contribution in [0.5, 0.6) is 0 Å². The number of carbonyl (C=O) groups excluding carboxylic acids is 1. The van der Waals surface area contributed by atoms with Crippen molar-refractivity contribution in [1.29, 1.82) is 0 Å². The maximum atomic E-state index is 14.0. The largest absolute Gasteiger partial charge is 0.298 e. The Balaban J connectivity index is 2.26. The van der Waals surface area contributed by atoms with Gasteiger partial charge in [-0.2, -0.15) is 5.10 Å². The Labute approximate surface area is 133 Å². The van der Waals surface area contributed by atoms with Gasteiger partial charge in [0, 0.05) is 11.6 Å². The Morgan fingerprint density at radius 3 is 2.43 bits per heavy atom. The maximum absolute atomic E-state index is 14.0. The molecule has 116 valence electrons. The van der Waals surface area contributed by atoms with Crippen molar-refractivity contribution in [2.45, 2.75) is 0 Å². The Hall–Kier alpha value is -2.60. The number of aldehydes is 1. The maximum Gasteiger partial charge on any atom is 0.155 e. The molecule has 0 aliphatic heterocycles. The Bertz CT molecular complexity index is 908. The lowest BCUT2D eigenvalue weighted by atomic mass is 10.1. The summed E-state index contributed by atoms with van der Waals surface area (Å²) in [5, 5.41) is 3.86. The lowest BCUT2D eigenvalue weighted by molar-refractivity contribution is 0.112. The highest BCUT2D eigenvalue weighted by atomic mass is 35.5. The summed E-state index contributed by atoms with van der Waals surface area (Å²) in [5.74, 6) is -2.28. The number of hydrogen-bond donors (Lipinski definition) is 0. The molecule has 0 aliphatic carbocycles. The molecule has 0 unspecified atom stereocenters. The fourth-order valence-electron chi connectivity index (χ4n) is 2.18. The molecule has 0 radical (unpaired) electrons. The lowest BCUT2D eigenvalue weighted by Gasteiger charge is -2.04. The van der Waals surface area contributed by atoms with Gasteiger partial charge in [-0.15, -0.1) is 0 Å². The van der Waals surface area contributed by atoms with Crippen LogP contribution in [-0.4, -0.2) is 16.1 Å². The van der Waals surface area contributed by atoms with Crippen molar-refractivity contribution in [2.24, 2.45) is 0 Å². The molecule has 0 atom stereocenters. The van der Waals surface area contributed by atoms with Gasteiger partial charge in [0.15, 0.2) is 6.29 Å². The normalized spacial score (nSPS) is 10.8. The molecule has 0 amide bonds. The molecule has 3 rings (SSSR count). The average molecular weight is 337 g/mol. The molecule has 3 nitrogen and oxygen atoms in total. The molecule has 0 fully saturated rings. The van der Waals surface area contributed by atoms with E-state index in [4.69, 9.17) is 11.6 Å². The number of hydrogen-bond acceptors (Lipinski definition) is 2. The Kier molecular flexibility index (Phi) is 3.92. The predicted octanol–water partition coefficient (Wildman–Crippen LogP) is 4.42. The van der Waals surface area contributed by atoms with Gasteiger partial charge in [0.2, 0.25) is 0 Å². The fraction of sp³-hybridized carbons (Fsp3) is 0. The summed E-state index contributed by atoms with van der Waals surface area (Å²) in [4.78, 5) is 11.3. The molecule has 0 bridgehead atoms. The number of rotatable bonds is 3. The highest BCUT2D eigenvalue weighted by molar-refractivity contribution is 6.32. The van der Waals surface area contributed by atoms with E-state index < -0.39 is 17.5 Å². The highest BCUT2D eigenvalue weighted by Gasteiger charge is 2.22. The molecular weight excluding hydrogens is 329 g/mol. The first kappa shape index (κ1) is 15.3. The van der Waals surface area contributed by atoms with Gasteiger partial charge in [-0.05, 0) is 24.3 Å². The van der Waals surface area contributed by atoms with E-state index in [0.29, 0.717) is 12.4 Å². The summed E-state index contributed by atoms with van der Waals surface area (Å²) < 4.78 is 41.9. The van der Waals surface area contributed by atoms with Gasteiger partial charge in [0.1, 0.15) is 34.0 Å². The SMILES string of the molecule is O=Cc1c(-c2ccc(F)cc2F)nn(-c2ccccc2F)c1Cl. The molecule has 1 heterocycles. The average Bonchev–Trinajstić information content (AvgIpc) is 2.84. The van der Waals surface area contributed by atoms with Crippen LogP contribution >= 0.6 is 11.6 Å². The number of halogens is 4.